The van der Waals surface area contributed by atoms with Crippen LogP contribution in [0.15, 0.2) is 48.6 Å². The molecular weight excluding hydrogens is 770 g/mol. The summed E-state index contributed by atoms with van der Waals surface area (Å²) in [5.74, 6) is -0.350. The normalized spacial score (nSPS) is 14.0. The van der Waals surface area contributed by atoms with E-state index in [-0.39, 0.29) is 25.8 Å². The van der Waals surface area contributed by atoms with Crippen molar-refractivity contribution in [2.45, 2.75) is 219 Å². The number of unbranched alkanes of at least 4 members (excludes halogenated alkanes) is 24. The van der Waals surface area contributed by atoms with Gasteiger partial charge in [-0.15, -0.1) is 0 Å². The smallest absolute Gasteiger partial charge is 0.306 e. The predicted molar refractivity (Wildman–Crippen MR) is 254 cm³/mol. The Hall–Kier alpha value is -1.54. The number of hydrogen-bond donors (Lipinski definition) is 0. The number of carbonyl (C=O) groups excluding carboxylic acids is 1. The van der Waals surface area contributed by atoms with E-state index < -0.39 is 13.9 Å². The number of quaternary nitrogens is 1. The summed E-state index contributed by atoms with van der Waals surface area (Å²) < 4.78 is 34.6. The van der Waals surface area contributed by atoms with E-state index in [2.05, 4.69) is 62.5 Å². The van der Waals surface area contributed by atoms with Crippen molar-refractivity contribution in [3.05, 3.63) is 48.6 Å². The van der Waals surface area contributed by atoms with Gasteiger partial charge in [-0.3, -0.25) is 9.36 Å². The summed E-state index contributed by atoms with van der Waals surface area (Å²) in [5.41, 5.74) is 0. The van der Waals surface area contributed by atoms with Gasteiger partial charge in [0.2, 0.25) is 0 Å². The van der Waals surface area contributed by atoms with Gasteiger partial charge in [0, 0.05) is 13.0 Å². The number of nitrogens with zero attached hydrogens (tertiary/aromatic N) is 1. The minimum Gasteiger partial charge on any atom is -0.756 e. The second-order valence-corrected chi connectivity index (χ2v) is 19.2. The van der Waals surface area contributed by atoms with E-state index >= 15 is 0 Å². The summed E-state index contributed by atoms with van der Waals surface area (Å²) in [6, 6.07) is 0. The van der Waals surface area contributed by atoms with Crippen molar-refractivity contribution in [1.82, 2.24) is 0 Å². The van der Waals surface area contributed by atoms with E-state index in [1.165, 1.54) is 135 Å². The number of likely N-dealkylation sites (N-methyl/N-ethyl adjacent to an activating group) is 1. The molecule has 0 aliphatic rings. The number of hydrogen-bond acceptors (Lipinski definition) is 7. The molecule has 0 saturated carbocycles. The van der Waals surface area contributed by atoms with Gasteiger partial charge in [0.1, 0.15) is 19.3 Å². The Kier molecular flexibility index (Phi) is 43.0. The average molecular weight is 866 g/mol. The standard InChI is InChI=1S/C51H96NO7P/c1-6-8-10-12-14-16-18-20-22-23-24-25-26-27-28-29-30-31-32-34-36-38-40-42-44-51(53)59-50(49-58-60(54,55)57-47-45-52(3,4)5)48-56-46-43-41-39-37-35-33-21-19-17-15-13-11-9-7-2/h9,11,15,17,21,33,37,39,50H,6-8,10,12-14,16,18-20,22-32,34-36,38,40-49H2,1-5H3/b11-9-,17-15-,33-21-,39-37-. The lowest BCUT2D eigenvalue weighted by atomic mass is 10.0. The van der Waals surface area contributed by atoms with Gasteiger partial charge >= 0.3 is 5.97 Å². The number of ether oxygens (including phenoxy) is 2. The molecule has 352 valence electrons. The van der Waals surface area contributed by atoms with Gasteiger partial charge in [0.15, 0.2) is 0 Å². The van der Waals surface area contributed by atoms with Crippen molar-refractivity contribution in [1.29, 1.82) is 0 Å². The van der Waals surface area contributed by atoms with Crippen molar-refractivity contribution in [3.8, 4) is 0 Å². The zero-order chi connectivity index (χ0) is 44.1. The molecule has 0 aliphatic heterocycles. The summed E-state index contributed by atoms with van der Waals surface area (Å²) >= 11 is 0. The van der Waals surface area contributed by atoms with Crippen LogP contribution >= 0.6 is 7.82 Å². The minimum absolute atomic E-state index is 0.0160. The summed E-state index contributed by atoms with van der Waals surface area (Å²) in [4.78, 5) is 25.1. The number of allylic oxidation sites excluding steroid dienone is 8. The molecule has 0 aromatic rings. The van der Waals surface area contributed by atoms with Gasteiger partial charge < -0.3 is 27.9 Å². The van der Waals surface area contributed by atoms with Crippen molar-refractivity contribution in [2.24, 2.45) is 0 Å². The largest absolute Gasteiger partial charge is 0.756 e. The van der Waals surface area contributed by atoms with Crippen LogP contribution in [-0.2, 0) is 27.9 Å². The summed E-state index contributed by atoms with van der Waals surface area (Å²) in [6.07, 6.45) is 54.5. The Labute approximate surface area is 371 Å². The Morgan fingerprint density at radius 1 is 0.533 bits per heavy atom. The van der Waals surface area contributed by atoms with Crippen molar-refractivity contribution in [2.75, 3.05) is 54.1 Å². The van der Waals surface area contributed by atoms with Gasteiger partial charge in [0.25, 0.3) is 7.82 Å². The summed E-state index contributed by atoms with van der Waals surface area (Å²) in [5, 5.41) is 0. The third-order valence-electron chi connectivity index (χ3n) is 10.6. The van der Waals surface area contributed by atoms with Gasteiger partial charge in [-0.2, -0.15) is 0 Å². The van der Waals surface area contributed by atoms with E-state index in [1.807, 2.05) is 21.1 Å². The Balaban J connectivity index is 4.12. The Bertz CT molecular complexity index is 1100. The van der Waals surface area contributed by atoms with Crippen LogP contribution in [0, 0.1) is 0 Å². The highest BCUT2D eigenvalue weighted by Crippen LogP contribution is 2.38. The monoisotopic (exact) mass is 866 g/mol. The van der Waals surface area contributed by atoms with Crippen LogP contribution in [0.3, 0.4) is 0 Å². The van der Waals surface area contributed by atoms with Gasteiger partial charge in [-0.05, 0) is 44.9 Å². The highest BCUT2D eigenvalue weighted by molar-refractivity contribution is 7.45. The first-order valence-corrected chi connectivity index (χ1v) is 26.3. The molecule has 60 heavy (non-hydrogen) atoms. The van der Waals surface area contributed by atoms with Crippen LogP contribution in [0.1, 0.15) is 213 Å². The average Bonchev–Trinajstić information content (AvgIpc) is 3.20. The third-order valence-corrected chi connectivity index (χ3v) is 11.6. The van der Waals surface area contributed by atoms with Crippen molar-refractivity contribution >= 4 is 13.8 Å². The maximum atomic E-state index is 12.7. The molecule has 0 heterocycles. The van der Waals surface area contributed by atoms with E-state index in [4.69, 9.17) is 18.5 Å². The van der Waals surface area contributed by atoms with Crippen LogP contribution in [0.25, 0.3) is 0 Å². The SMILES string of the molecule is CC/C=C\C/C=C\C/C=C\C/C=C\CCCOCC(COP(=O)([O-])OCC[N+](C)(C)C)OC(=O)CCCCCCCCCCCCCCCCCCCCCCCCCC. The molecule has 2 unspecified atom stereocenters. The highest BCUT2D eigenvalue weighted by Gasteiger charge is 2.20. The van der Waals surface area contributed by atoms with Gasteiger partial charge in [0.05, 0.1) is 34.4 Å². The summed E-state index contributed by atoms with van der Waals surface area (Å²) in [7, 11) is 1.32. The first-order chi connectivity index (χ1) is 29.1. The highest BCUT2D eigenvalue weighted by atomic mass is 31.2. The van der Waals surface area contributed by atoms with E-state index in [0.29, 0.717) is 24.1 Å². The first kappa shape index (κ1) is 58.5. The first-order valence-electron chi connectivity index (χ1n) is 24.9. The molecule has 8 nitrogen and oxygen atoms in total. The van der Waals surface area contributed by atoms with Crippen molar-refractivity contribution in [3.63, 3.8) is 0 Å². The molecule has 0 fully saturated rings. The van der Waals surface area contributed by atoms with Gasteiger partial charge in [-0.25, -0.2) is 0 Å². The second-order valence-electron chi connectivity index (χ2n) is 17.8. The minimum atomic E-state index is -4.54. The van der Waals surface area contributed by atoms with Crippen LogP contribution < -0.4 is 4.89 Å². The number of carbonyl (C=O) groups is 1. The third kappa shape index (κ3) is 47.5. The zero-order valence-electron chi connectivity index (χ0n) is 39.9. The second kappa shape index (κ2) is 44.1. The molecule has 0 aliphatic carbocycles. The molecule has 0 bridgehead atoms. The Morgan fingerprint density at radius 2 is 0.950 bits per heavy atom. The topological polar surface area (TPSA) is 94.1 Å². The fraction of sp³-hybridized carbons (Fsp3) is 0.824. The van der Waals surface area contributed by atoms with E-state index in [9.17, 15) is 14.3 Å². The molecule has 0 rings (SSSR count). The molecule has 2 atom stereocenters. The lowest BCUT2D eigenvalue weighted by Gasteiger charge is -2.28. The molecule has 0 N–H and O–H groups in total. The Morgan fingerprint density at radius 3 is 1.38 bits per heavy atom. The molecule has 0 radical (unpaired) electrons. The molecule has 0 amide bonds. The van der Waals surface area contributed by atoms with Crippen LogP contribution in [-0.4, -0.2) is 70.7 Å². The molecule has 0 aromatic carbocycles. The van der Waals surface area contributed by atoms with E-state index in [0.717, 1.165) is 57.8 Å². The van der Waals surface area contributed by atoms with Gasteiger partial charge in [-0.1, -0.05) is 210 Å². The van der Waals surface area contributed by atoms with Crippen LogP contribution in [0.4, 0.5) is 0 Å². The molecule has 0 spiro atoms. The number of rotatable bonds is 46. The molecule has 9 heteroatoms. The predicted octanol–water partition coefficient (Wildman–Crippen LogP) is 14.5. The fourth-order valence-electron chi connectivity index (χ4n) is 6.85. The molecular formula is C51H96NO7P. The lowest BCUT2D eigenvalue weighted by Crippen LogP contribution is -2.37. The van der Waals surface area contributed by atoms with Crippen LogP contribution in [0.2, 0.25) is 0 Å². The quantitative estimate of drug-likeness (QED) is 0.0198. The van der Waals surface area contributed by atoms with Crippen molar-refractivity contribution < 1.29 is 37.3 Å². The molecule has 0 aromatic heterocycles. The fourth-order valence-corrected chi connectivity index (χ4v) is 7.58. The summed E-state index contributed by atoms with van der Waals surface area (Å²) in [6.45, 7) is 5.17. The maximum absolute atomic E-state index is 12.7. The number of esters is 1. The maximum Gasteiger partial charge on any atom is 0.306 e. The lowest BCUT2D eigenvalue weighted by molar-refractivity contribution is -0.870. The van der Waals surface area contributed by atoms with Crippen LogP contribution in [0.5, 0.6) is 0 Å². The van der Waals surface area contributed by atoms with E-state index in [1.54, 1.807) is 0 Å². The number of phosphoric ester groups is 1. The molecule has 0 saturated heterocycles. The number of phosphoric acid groups is 1. The zero-order valence-corrected chi connectivity index (χ0v) is 40.8.